The van der Waals surface area contributed by atoms with Crippen molar-refractivity contribution in [1.29, 1.82) is 0 Å². The number of aryl methyl sites for hydroxylation is 1. The van der Waals surface area contributed by atoms with Crippen molar-refractivity contribution < 1.29 is 19.4 Å². The van der Waals surface area contributed by atoms with Gasteiger partial charge in [-0.1, -0.05) is 36.4 Å². The van der Waals surface area contributed by atoms with Crippen LogP contribution in [0.3, 0.4) is 0 Å². The highest BCUT2D eigenvalue weighted by molar-refractivity contribution is 6.22. The molecule has 38 heavy (non-hydrogen) atoms. The summed E-state index contributed by atoms with van der Waals surface area (Å²) in [6.07, 6.45) is 0. The van der Waals surface area contributed by atoms with Crippen LogP contribution in [0.25, 0.3) is 10.9 Å². The first-order valence-corrected chi connectivity index (χ1v) is 12.4. The molecule has 0 spiro atoms. The number of esters is 1. The number of aromatic amines is 1. The Morgan fingerprint density at radius 1 is 0.974 bits per heavy atom. The topological polar surface area (TPSA) is 98.2 Å². The fourth-order valence-corrected chi connectivity index (χ4v) is 4.35. The molecule has 196 valence electrons. The number of rotatable bonds is 8. The van der Waals surface area contributed by atoms with E-state index in [9.17, 15) is 14.7 Å². The van der Waals surface area contributed by atoms with E-state index in [2.05, 4.69) is 4.98 Å². The van der Waals surface area contributed by atoms with Crippen LogP contribution in [-0.2, 0) is 9.53 Å². The molecule has 0 aliphatic carbocycles. The summed E-state index contributed by atoms with van der Waals surface area (Å²) in [5.74, 6) is -0.484. The number of anilines is 1. The van der Waals surface area contributed by atoms with Gasteiger partial charge in [0, 0.05) is 29.2 Å². The van der Waals surface area contributed by atoms with Gasteiger partial charge in [-0.2, -0.15) is 0 Å². The fraction of sp³-hybridized carbons (Fsp3) is 0.233. The molecule has 0 fully saturated rings. The number of H-pyrrole nitrogens is 1. The molecule has 8 heteroatoms. The number of carbonyl (C=O) groups excluding carboxylic acids is 2. The summed E-state index contributed by atoms with van der Waals surface area (Å²) >= 11 is 0. The lowest BCUT2D eigenvalue weighted by Gasteiger charge is -2.21. The molecule has 1 heterocycles. The van der Waals surface area contributed by atoms with Gasteiger partial charge >= 0.3 is 5.97 Å². The van der Waals surface area contributed by atoms with Crippen LogP contribution in [-0.4, -0.2) is 66.9 Å². The predicted molar refractivity (Wildman–Crippen MR) is 151 cm³/mol. The summed E-state index contributed by atoms with van der Waals surface area (Å²) in [6.45, 7) is 4.29. The van der Waals surface area contributed by atoms with Crippen LogP contribution < -0.4 is 4.90 Å². The van der Waals surface area contributed by atoms with Gasteiger partial charge in [-0.25, -0.2) is 9.79 Å². The molecule has 0 saturated carbocycles. The van der Waals surface area contributed by atoms with Gasteiger partial charge in [0.1, 0.15) is 0 Å². The number of carbonyl (C=O) groups is 2. The molecule has 0 unspecified atom stereocenters. The number of amides is 1. The summed E-state index contributed by atoms with van der Waals surface area (Å²) in [5.41, 5.74) is 5.29. The van der Waals surface area contributed by atoms with E-state index < -0.39 is 5.97 Å². The molecule has 2 N–H and O–H groups in total. The standard InChI is InChI=1S/C30H32N4O4/c1-6-38-30(37)21-12-14-23-24(17-21)32-29(36)27(23)28(20-10-8-7-9-11-20)31-22-13-15-25(19(2)16-22)34(5)26(35)18-33(3)4/h7-17,32,36H,6,18H2,1-5H3. The average molecular weight is 513 g/mol. The molecule has 3 aromatic carbocycles. The number of benzene rings is 3. The third-order valence-corrected chi connectivity index (χ3v) is 6.18. The summed E-state index contributed by atoms with van der Waals surface area (Å²) in [4.78, 5) is 36.2. The van der Waals surface area contributed by atoms with Gasteiger partial charge in [0.25, 0.3) is 0 Å². The second-order valence-electron chi connectivity index (χ2n) is 9.32. The Morgan fingerprint density at radius 3 is 2.37 bits per heavy atom. The average Bonchev–Trinajstić information content (AvgIpc) is 3.21. The summed E-state index contributed by atoms with van der Waals surface area (Å²) in [5, 5.41) is 11.7. The highest BCUT2D eigenvalue weighted by atomic mass is 16.5. The third-order valence-electron chi connectivity index (χ3n) is 6.18. The van der Waals surface area contributed by atoms with E-state index in [0.717, 1.165) is 22.2 Å². The van der Waals surface area contributed by atoms with E-state index in [0.29, 0.717) is 34.6 Å². The Hall–Kier alpha value is -4.43. The zero-order valence-corrected chi connectivity index (χ0v) is 22.3. The molecule has 4 aromatic rings. The number of likely N-dealkylation sites (N-methyl/N-ethyl adjacent to an activating group) is 2. The highest BCUT2D eigenvalue weighted by Crippen LogP contribution is 2.33. The van der Waals surface area contributed by atoms with E-state index >= 15 is 0 Å². The second kappa shape index (κ2) is 11.3. The molecule has 1 amide bonds. The molecule has 4 rings (SSSR count). The van der Waals surface area contributed by atoms with Gasteiger partial charge in [-0.15, -0.1) is 0 Å². The first-order valence-electron chi connectivity index (χ1n) is 12.4. The molecule has 8 nitrogen and oxygen atoms in total. The number of aromatic hydroxyl groups is 1. The van der Waals surface area contributed by atoms with Gasteiger partial charge in [0.05, 0.1) is 35.7 Å². The molecule has 0 radical (unpaired) electrons. The zero-order valence-electron chi connectivity index (χ0n) is 22.3. The predicted octanol–water partition coefficient (Wildman–Crippen LogP) is 5.05. The maximum Gasteiger partial charge on any atom is 0.338 e. The number of hydrogen-bond acceptors (Lipinski definition) is 6. The zero-order chi connectivity index (χ0) is 27.4. The van der Waals surface area contributed by atoms with Crippen LogP contribution in [0, 0.1) is 6.92 Å². The Bertz CT molecular complexity index is 1510. The van der Waals surface area contributed by atoms with Crippen molar-refractivity contribution in [2.24, 2.45) is 4.99 Å². The lowest BCUT2D eigenvalue weighted by molar-refractivity contribution is -0.118. The minimum absolute atomic E-state index is 0.00905. The summed E-state index contributed by atoms with van der Waals surface area (Å²) < 4.78 is 5.11. The number of hydrogen-bond donors (Lipinski definition) is 2. The Kier molecular flexibility index (Phi) is 7.93. The number of fused-ring (bicyclic) bond motifs is 1. The smallest absolute Gasteiger partial charge is 0.338 e. The summed E-state index contributed by atoms with van der Waals surface area (Å²) in [6, 6.07) is 20.4. The monoisotopic (exact) mass is 512 g/mol. The van der Waals surface area contributed by atoms with Crippen molar-refractivity contribution in [3.05, 3.63) is 89.0 Å². The molecular formula is C30H32N4O4. The van der Waals surface area contributed by atoms with Crippen LogP contribution in [0.1, 0.15) is 34.0 Å². The Labute approximate surface area is 222 Å². The van der Waals surface area contributed by atoms with Crippen LogP contribution >= 0.6 is 0 Å². The van der Waals surface area contributed by atoms with Crippen molar-refractivity contribution in [2.45, 2.75) is 13.8 Å². The van der Waals surface area contributed by atoms with Gasteiger partial charge in [0.15, 0.2) is 5.88 Å². The Balaban J connectivity index is 1.80. The number of nitrogens with zero attached hydrogens (tertiary/aromatic N) is 3. The minimum Gasteiger partial charge on any atom is -0.494 e. The van der Waals surface area contributed by atoms with Crippen molar-refractivity contribution in [1.82, 2.24) is 9.88 Å². The van der Waals surface area contributed by atoms with Gasteiger partial charge < -0.3 is 24.6 Å². The van der Waals surface area contributed by atoms with Crippen LogP contribution in [0.5, 0.6) is 5.88 Å². The normalized spacial score (nSPS) is 11.7. The molecule has 0 aliphatic rings. The lowest BCUT2D eigenvalue weighted by atomic mass is 10.00. The molecule has 0 aliphatic heterocycles. The minimum atomic E-state index is -0.424. The summed E-state index contributed by atoms with van der Waals surface area (Å²) in [7, 11) is 5.49. The quantitative estimate of drug-likeness (QED) is 0.254. The molecular weight excluding hydrogens is 480 g/mol. The van der Waals surface area contributed by atoms with Crippen molar-refractivity contribution >= 4 is 39.9 Å². The van der Waals surface area contributed by atoms with Crippen molar-refractivity contribution in [3.63, 3.8) is 0 Å². The van der Waals surface area contributed by atoms with Gasteiger partial charge in [0.2, 0.25) is 5.91 Å². The molecule has 0 bridgehead atoms. The lowest BCUT2D eigenvalue weighted by Crippen LogP contribution is -2.35. The third kappa shape index (κ3) is 5.60. The fourth-order valence-electron chi connectivity index (χ4n) is 4.35. The van der Waals surface area contributed by atoms with Crippen LogP contribution in [0.2, 0.25) is 0 Å². The molecule has 0 saturated heterocycles. The number of ether oxygens (including phenoxy) is 1. The number of aromatic nitrogens is 1. The first-order chi connectivity index (χ1) is 18.2. The van der Waals surface area contributed by atoms with Gasteiger partial charge in [-0.05, 0) is 63.8 Å². The van der Waals surface area contributed by atoms with E-state index in [4.69, 9.17) is 9.73 Å². The largest absolute Gasteiger partial charge is 0.494 e. The first kappa shape index (κ1) is 26.6. The highest BCUT2D eigenvalue weighted by Gasteiger charge is 2.20. The van der Waals surface area contributed by atoms with Crippen LogP contribution in [0.15, 0.2) is 71.7 Å². The van der Waals surface area contributed by atoms with E-state index in [1.807, 2.05) is 74.4 Å². The van der Waals surface area contributed by atoms with E-state index in [1.54, 1.807) is 37.1 Å². The molecule has 0 atom stereocenters. The maximum atomic E-state index is 12.6. The SMILES string of the molecule is CCOC(=O)c1ccc2c(C(=Nc3ccc(N(C)C(=O)CN(C)C)c(C)c3)c3ccccc3)c(O)[nH]c2c1. The Morgan fingerprint density at radius 2 is 1.71 bits per heavy atom. The van der Waals surface area contributed by atoms with E-state index in [1.165, 1.54) is 0 Å². The molecule has 1 aromatic heterocycles. The van der Waals surface area contributed by atoms with Crippen LogP contribution in [0.4, 0.5) is 11.4 Å². The number of aliphatic imine (C=N–C) groups is 1. The van der Waals surface area contributed by atoms with Crippen molar-refractivity contribution in [3.8, 4) is 5.88 Å². The van der Waals surface area contributed by atoms with E-state index in [-0.39, 0.29) is 18.4 Å². The second-order valence-corrected chi connectivity index (χ2v) is 9.32. The van der Waals surface area contributed by atoms with Crippen molar-refractivity contribution in [2.75, 3.05) is 39.2 Å². The maximum absolute atomic E-state index is 12.6. The van der Waals surface area contributed by atoms with Gasteiger partial charge in [-0.3, -0.25) is 4.79 Å². The number of nitrogens with one attached hydrogen (secondary N) is 1.